The van der Waals surface area contributed by atoms with Crippen LogP contribution in [0.3, 0.4) is 0 Å². The molecule has 104 valence electrons. The van der Waals surface area contributed by atoms with Gasteiger partial charge in [0.25, 0.3) is 0 Å². The van der Waals surface area contributed by atoms with Gasteiger partial charge in [-0.2, -0.15) is 0 Å². The Morgan fingerprint density at radius 2 is 1.65 bits per heavy atom. The Morgan fingerprint density at radius 1 is 1.00 bits per heavy atom. The van der Waals surface area contributed by atoms with Crippen LogP contribution < -0.4 is 4.74 Å². The van der Waals surface area contributed by atoms with E-state index in [-0.39, 0.29) is 5.56 Å². The monoisotopic (exact) mass is 276 g/mol. The van der Waals surface area contributed by atoms with Crippen molar-refractivity contribution in [2.45, 2.75) is 19.8 Å². The van der Waals surface area contributed by atoms with E-state index in [1.54, 1.807) is 12.1 Å². The summed E-state index contributed by atoms with van der Waals surface area (Å²) in [5, 5.41) is 0. The number of benzene rings is 2. The van der Waals surface area contributed by atoms with Crippen LogP contribution in [-0.4, -0.2) is 5.97 Å². The normalized spacial score (nSPS) is 10.7. The second kappa shape index (κ2) is 5.82. The van der Waals surface area contributed by atoms with Gasteiger partial charge in [-0.15, -0.1) is 0 Å². The van der Waals surface area contributed by atoms with Crippen LogP contribution in [-0.2, 0) is 0 Å². The van der Waals surface area contributed by atoms with Crippen LogP contribution in [0.2, 0.25) is 0 Å². The summed E-state index contributed by atoms with van der Waals surface area (Å²) in [4.78, 5) is 11.8. The molecule has 0 amide bonds. The minimum absolute atomic E-state index is 0.0307. The first-order valence-electron chi connectivity index (χ1n) is 6.24. The number of rotatable bonds is 3. The quantitative estimate of drug-likeness (QED) is 0.617. The SMILES string of the molecule is CC(C)c1ccc(OC(=O)c2ccc(F)c(F)c2)cc1. The van der Waals surface area contributed by atoms with Gasteiger partial charge in [-0.25, -0.2) is 13.6 Å². The summed E-state index contributed by atoms with van der Waals surface area (Å²) in [6, 6.07) is 9.97. The van der Waals surface area contributed by atoms with Gasteiger partial charge in [0.15, 0.2) is 11.6 Å². The van der Waals surface area contributed by atoms with Crippen LogP contribution in [0.15, 0.2) is 42.5 Å². The molecule has 20 heavy (non-hydrogen) atoms. The summed E-state index contributed by atoms with van der Waals surface area (Å²) in [6.07, 6.45) is 0. The zero-order valence-electron chi connectivity index (χ0n) is 11.2. The molecule has 0 radical (unpaired) electrons. The van der Waals surface area contributed by atoms with Crippen LogP contribution in [0, 0.1) is 11.6 Å². The Hall–Kier alpha value is -2.23. The van der Waals surface area contributed by atoms with Crippen molar-refractivity contribution >= 4 is 5.97 Å². The standard InChI is InChI=1S/C16H14F2O2/c1-10(2)11-3-6-13(7-4-11)20-16(19)12-5-8-14(17)15(18)9-12/h3-10H,1-2H3. The van der Waals surface area contributed by atoms with Crippen LogP contribution >= 0.6 is 0 Å². The zero-order chi connectivity index (χ0) is 14.7. The van der Waals surface area contributed by atoms with Gasteiger partial charge in [0.2, 0.25) is 0 Å². The van der Waals surface area contributed by atoms with E-state index in [9.17, 15) is 13.6 Å². The molecule has 2 aromatic carbocycles. The fourth-order valence-electron chi connectivity index (χ4n) is 1.71. The highest BCUT2D eigenvalue weighted by Gasteiger charge is 2.12. The molecular formula is C16H14F2O2. The van der Waals surface area contributed by atoms with Crippen LogP contribution in [0.5, 0.6) is 5.75 Å². The van der Waals surface area contributed by atoms with Gasteiger partial charge in [0.1, 0.15) is 5.75 Å². The summed E-state index contributed by atoms with van der Waals surface area (Å²) >= 11 is 0. The molecule has 0 bridgehead atoms. The third kappa shape index (κ3) is 3.20. The Morgan fingerprint density at radius 3 is 2.20 bits per heavy atom. The van der Waals surface area contributed by atoms with E-state index in [0.717, 1.165) is 17.7 Å². The molecule has 2 aromatic rings. The van der Waals surface area contributed by atoms with Crippen molar-refractivity contribution in [1.82, 2.24) is 0 Å². The predicted molar refractivity (Wildman–Crippen MR) is 71.8 cm³/mol. The van der Waals surface area contributed by atoms with Crippen LogP contribution in [0.1, 0.15) is 35.7 Å². The Kier molecular flexibility index (Phi) is 4.13. The van der Waals surface area contributed by atoms with Gasteiger partial charge in [0.05, 0.1) is 5.56 Å². The maximum absolute atomic E-state index is 13.0. The Labute approximate surface area is 116 Å². The lowest BCUT2D eigenvalue weighted by atomic mass is 10.0. The van der Waals surface area contributed by atoms with E-state index in [4.69, 9.17) is 4.74 Å². The first-order chi connectivity index (χ1) is 9.47. The molecule has 0 atom stereocenters. The highest BCUT2D eigenvalue weighted by Crippen LogP contribution is 2.19. The highest BCUT2D eigenvalue weighted by molar-refractivity contribution is 5.91. The molecule has 0 aliphatic rings. The summed E-state index contributed by atoms with van der Waals surface area (Å²) in [7, 11) is 0. The van der Waals surface area contributed by atoms with E-state index in [0.29, 0.717) is 11.7 Å². The number of esters is 1. The van der Waals surface area contributed by atoms with Crippen molar-refractivity contribution in [1.29, 1.82) is 0 Å². The van der Waals surface area contributed by atoms with E-state index in [1.807, 2.05) is 12.1 Å². The van der Waals surface area contributed by atoms with Gasteiger partial charge >= 0.3 is 5.97 Å². The third-order valence-corrected chi connectivity index (χ3v) is 2.91. The minimum Gasteiger partial charge on any atom is -0.423 e. The summed E-state index contributed by atoms with van der Waals surface area (Å²) in [5.74, 6) is -2.05. The molecule has 4 heteroatoms. The number of hydrogen-bond donors (Lipinski definition) is 0. The first-order valence-corrected chi connectivity index (χ1v) is 6.24. The number of carbonyl (C=O) groups excluding carboxylic acids is 1. The third-order valence-electron chi connectivity index (χ3n) is 2.91. The van der Waals surface area contributed by atoms with E-state index < -0.39 is 17.6 Å². The average molecular weight is 276 g/mol. The molecule has 0 aromatic heterocycles. The number of carbonyl (C=O) groups is 1. The van der Waals surface area contributed by atoms with E-state index in [1.165, 1.54) is 6.07 Å². The van der Waals surface area contributed by atoms with E-state index >= 15 is 0 Å². The van der Waals surface area contributed by atoms with Gasteiger partial charge in [-0.3, -0.25) is 0 Å². The van der Waals surface area contributed by atoms with Gasteiger partial charge in [-0.1, -0.05) is 26.0 Å². The molecule has 0 unspecified atom stereocenters. The van der Waals surface area contributed by atoms with Crippen molar-refractivity contribution in [3.8, 4) is 5.75 Å². The molecule has 0 fully saturated rings. The second-order valence-corrected chi connectivity index (χ2v) is 4.74. The second-order valence-electron chi connectivity index (χ2n) is 4.74. The highest BCUT2D eigenvalue weighted by atomic mass is 19.2. The number of halogens is 2. The molecule has 0 saturated carbocycles. The molecule has 0 aliphatic heterocycles. The number of ether oxygens (including phenoxy) is 1. The number of hydrogen-bond acceptors (Lipinski definition) is 2. The molecular weight excluding hydrogens is 262 g/mol. The largest absolute Gasteiger partial charge is 0.423 e. The summed E-state index contributed by atoms with van der Waals surface area (Å²) in [6.45, 7) is 4.12. The predicted octanol–water partition coefficient (Wildman–Crippen LogP) is 4.31. The van der Waals surface area contributed by atoms with Crippen molar-refractivity contribution in [2.75, 3.05) is 0 Å². The van der Waals surface area contributed by atoms with Gasteiger partial charge < -0.3 is 4.74 Å². The van der Waals surface area contributed by atoms with Crippen LogP contribution in [0.25, 0.3) is 0 Å². The lowest BCUT2D eigenvalue weighted by Crippen LogP contribution is -2.09. The lowest BCUT2D eigenvalue weighted by molar-refractivity contribution is 0.0734. The van der Waals surface area contributed by atoms with Crippen LogP contribution in [0.4, 0.5) is 8.78 Å². The Balaban J connectivity index is 2.12. The van der Waals surface area contributed by atoms with Crippen molar-refractivity contribution in [3.63, 3.8) is 0 Å². The maximum atomic E-state index is 13.0. The molecule has 0 heterocycles. The summed E-state index contributed by atoms with van der Waals surface area (Å²) < 4.78 is 30.9. The maximum Gasteiger partial charge on any atom is 0.343 e. The fourth-order valence-corrected chi connectivity index (χ4v) is 1.71. The van der Waals surface area contributed by atoms with Crippen molar-refractivity contribution in [3.05, 3.63) is 65.2 Å². The zero-order valence-corrected chi connectivity index (χ0v) is 11.2. The molecule has 2 nitrogen and oxygen atoms in total. The smallest absolute Gasteiger partial charge is 0.343 e. The van der Waals surface area contributed by atoms with Crippen molar-refractivity contribution in [2.24, 2.45) is 0 Å². The topological polar surface area (TPSA) is 26.3 Å². The fraction of sp³-hybridized carbons (Fsp3) is 0.188. The van der Waals surface area contributed by atoms with E-state index in [2.05, 4.69) is 13.8 Å². The Bertz CT molecular complexity index is 619. The summed E-state index contributed by atoms with van der Waals surface area (Å²) in [5.41, 5.74) is 1.09. The molecule has 0 saturated heterocycles. The lowest BCUT2D eigenvalue weighted by Gasteiger charge is -2.08. The molecule has 2 rings (SSSR count). The molecule has 0 aliphatic carbocycles. The van der Waals surface area contributed by atoms with Crippen molar-refractivity contribution < 1.29 is 18.3 Å². The minimum atomic E-state index is -1.07. The first kappa shape index (κ1) is 14.2. The molecule has 0 N–H and O–H groups in total. The molecule has 0 spiro atoms. The van der Waals surface area contributed by atoms with Gasteiger partial charge in [0, 0.05) is 0 Å². The average Bonchev–Trinajstić information content (AvgIpc) is 2.42. The van der Waals surface area contributed by atoms with Gasteiger partial charge in [-0.05, 0) is 41.8 Å².